The number of nitrogens with zero attached hydrogens (tertiary/aromatic N) is 1. The van der Waals surface area contributed by atoms with Crippen LogP contribution in [0.5, 0.6) is 0 Å². The predicted molar refractivity (Wildman–Crippen MR) is 82.6 cm³/mol. The normalized spacial score (nSPS) is 21.1. The number of carbonyl (C=O) groups excluding carboxylic acids is 1. The van der Waals surface area contributed by atoms with Crippen molar-refractivity contribution in [2.45, 2.75) is 51.6 Å². The average molecular weight is 274 g/mol. The summed E-state index contributed by atoms with van der Waals surface area (Å²) >= 11 is 0. The number of carbonyl (C=O) groups is 1. The van der Waals surface area contributed by atoms with Crippen molar-refractivity contribution in [1.29, 1.82) is 0 Å². The molecule has 0 aliphatic carbocycles. The van der Waals surface area contributed by atoms with Gasteiger partial charge in [-0.15, -0.1) is 0 Å². The van der Waals surface area contributed by atoms with Gasteiger partial charge in [0.15, 0.2) is 0 Å². The van der Waals surface area contributed by atoms with Gasteiger partial charge in [-0.3, -0.25) is 4.79 Å². The van der Waals surface area contributed by atoms with Gasteiger partial charge in [0, 0.05) is 32.1 Å². The molecule has 20 heavy (non-hydrogen) atoms. The number of likely N-dealkylation sites (tertiary alicyclic amines) is 1. The molecule has 1 N–H and O–H groups in total. The van der Waals surface area contributed by atoms with E-state index in [4.69, 9.17) is 0 Å². The Morgan fingerprint density at radius 2 is 2.00 bits per heavy atom. The molecule has 2 atom stereocenters. The van der Waals surface area contributed by atoms with E-state index in [0.29, 0.717) is 18.5 Å². The molecule has 1 amide bonds. The smallest absolute Gasteiger partial charge is 0.222 e. The van der Waals surface area contributed by atoms with Crippen LogP contribution in [0, 0.1) is 0 Å². The molecule has 1 saturated heterocycles. The van der Waals surface area contributed by atoms with E-state index < -0.39 is 0 Å². The van der Waals surface area contributed by atoms with Gasteiger partial charge in [-0.1, -0.05) is 38.1 Å². The molecule has 1 aromatic rings. The quantitative estimate of drug-likeness (QED) is 0.895. The second-order valence-corrected chi connectivity index (χ2v) is 5.73. The molecule has 0 spiro atoms. The second kappa shape index (κ2) is 6.89. The van der Waals surface area contributed by atoms with E-state index in [1.165, 1.54) is 11.1 Å². The first kappa shape index (κ1) is 15.0. The number of piperidine rings is 1. The van der Waals surface area contributed by atoms with Gasteiger partial charge in [0.05, 0.1) is 0 Å². The van der Waals surface area contributed by atoms with Crippen molar-refractivity contribution in [2.24, 2.45) is 0 Å². The highest BCUT2D eigenvalue weighted by Crippen LogP contribution is 2.20. The van der Waals surface area contributed by atoms with Crippen molar-refractivity contribution in [3.05, 3.63) is 35.4 Å². The summed E-state index contributed by atoms with van der Waals surface area (Å²) in [5.74, 6) is 0.267. The van der Waals surface area contributed by atoms with E-state index in [0.717, 1.165) is 25.8 Å². The van der Waals surface area contributed by atoms with E-state index in [9.17, 15) is 4.79 Å². The Balaban J connectivity index is 1.99. The number of nitrogens with one attached hydrogen (secondary N) is 1. The number of hydrogen-bond acceptors (Lipinski definition) is 2. The zero-order valence-corrected chi connectivity index (χ0v) is 12.9. The van der Waals surface area contributed by atoms with E-state index in [1.807, 2.05) is 11.9 Å². The lowest BCUT2D eigenvalue weighted by molar-refractivity contribution is -0.132. The summed E-state index contributed by atoms with van der Waals surface area (Å²) < 4.78 is 0. The molecule has 110 valence electrons. The lowest BCUT2D eigenvalue weighted by Crippen LogP contribution is -2.47. The Morgan fingerprint density at radius 3 is 2.55 bits per heavy atom. The number of amides is 1. The molecule has 3 nitrogen and oxygen atoms in total. The number of likely N-dealkylation sites (N-methyl/N-ethyl adjacent to an activating group) is 1. The summed E-state index contributed by atoms with van der Waals surface area (Å²) in [6, 6.07) is 9.70. The second-order valence-electron chi connectivity index (χ2n) is 5.73. The Bertz CT molecular complexity index is 441. The molecule has 2 rings (SSSR count). The Morgan fingerprint density at radius 1 is 1.30 bits per heavy atom. The molecule has 0 bridgehead atoms. The van der Waals surface area contributed by atoms with Gasteiger partial charge in [0.1, 0.15) is 0 Å². The molecule has 1 aliphatic rings. The monoisotopic (exact) mass is 274 g/mol. The van der Waals surface area contributed by atoms with Crippen LogP contribution in [0.3, 0.4) is 0 Å². The van der Waals surface area contributed by atoms with Crippen LogP contribution in [0.15, 0.2) is 24.3 Å². The molecule has 1 aliphatic heterocycles. The van der Waals surface area contributed by atoms with Crippen molar-refractivity contribution in [2.75, 3.05) is 13.6 Å². The summed E-state index contributed by atoms with van der Waals surface area (Å²) in [5.41, 5.74) is 2.73. The fourth-order valence-corrected chi connectivity index (χ4v) is 2.87. The van der Waals surface area contributed by atoms with Crippen LogP contribution in [0.2, 0.25) is 0 Å². The van der Waals surface area contributed by atoms with E-state index in [2.05, 4.69) is 43.4 Å². The Labute approximate surface area is 122 Å². The van der Waals surface area contributed by atoms with Crippen LogP contribution in [0.25, 0.3) is 0 Å². The van der Waals surface area contributed by atoms with Crippen molar-refractivity contribution >= 4 is 5.91 Å². The molecule has 0 radical (unpaired) electrons. The highest BCUT2D eigenvalue weighted by Gasteiger charge is 2.24. The maximum absolute atomic E-state index is 11.5. The van der Waals surface area contributed by atoms with E-state index >= 15 is 0 Å². The van der Waals surface area contributed by atoms with Crippen molar-refractivity contribution in [1.82, 2.24) is 10.2 Å². The standard InChI is InChI=1S/C17H26N2O/c1-4-13-6-8-14(9-7-13)16(5-2)18-15-10-11-17(20)19(3)12-15/h6-9,15-16,18H,4-5,10-12H2,1-3H3. The van der Waals surface area contributed by atoms with Crippen molar-refractivity contribution in [3.8, 4) is 0 Å². The van der Waals surface area contributed by atoms with Gasteiger partial charge in [-0.05, 0) is 30.4 Å². The van der Waals surface area contributed by atoms with Crippen LogP contribution in [-0.2, 0) is 11.2 Å². The van der Waals surface area contributed by atoms with E-state index in [1.54, 1.807) is 0 Å². The number of hydrogen-bond donors (Lipinski definition) is 1. The zero-order chi connectivity index (χ0) is 14.5. The average Bonchev–Trinajstić information content (AvgIpc) is 2.48. The minimum Gasteiger partial charge on any atom is -0.344 e. The topological polar surface area (TPSA) is 32.3 Å². The third kappa shape index (κ3) is 3.60. The van der Waals surface area contributed by atoms with Gasteiger partial charge < -0.3 is 10.2 Å². The summed E-state index contributed by atoms with van der Waals surface area (Å²) in [4.78, 5) is 13.4. The minimum absolute atomic E-state index is 0.267. The molecule has 2 unspecified atom stereocenters. The predicted octanol–water partition coefficient (Wildman–Crippen LogP) is 2.91. The molecular formula is C17H26N2O. The zero-order valence-electron chi connectivity index (χ0n) is 12.9. The Kier molecular flexibility index (Phi) is 5.18. The van der Waals surface area contributed by atoms with Gasteiger partial charge in [-0.25, -0.2) is 0 Å². The van der Waals surface area contributed by atoms with E-state index in [-0.39, 0.29) is 5.91 Å². The molecular weight excluding hydrogens is 248 g/mol. The van der Waals surface area contributed by atoms with Gasteiger partial charge in [-0.2, -0.15) is 0 Å². The third-order valence-electron chi connectivity index (χ3n) is 4.26. The Hall–Kier alpha value is -1.35. The van der Waals surface area contributed by atoms with Gasteiger partial charge >= 0.3 is 0 Å². The maximum Gasteiger partial charge on any atom is 0.222 e. The summed E-state index contributed by atoms with van der Waals surface area (Å²) in [6.45, 7) is 5.21. The first-order chi connectivity index (χ1) is 9.63. The lowest BCUT2D eigenvalue weighted by atomic mass is 9.98. The first-order valence-electron chi connectivity index (χ1n) is 7.72. The minimum atomic E-state index is 0.267. The molecule has 3 heteroatoms. The SMILES string of the molecule is CCc1ccc(C(CC)NC2CCC(=O)N(C)C2)cc1. The van der Waals surface area contributed by atoms with Crippen molar-refractivity contribution in [3.63, 3.8) is 0 Å². The van der Waals surface area contributed by atoms with Crippen LogP contribution in [0.1, 0.15) is 50.3 Å². The molecule has 0 saturated carbocycles. The lowest BCUT2D eigenvalue weighted by Gasteiger charge is -2.33. The molecule has 1 heterocycles. The fraction of sp³-hybridized carbons (Fsp3) is 0.588. The van der Waals surface area contributed by atoms with Gasteiger partial charge in [0.25, 0.3) is 0 Å². The van der Waals surface area contributed by atoms with Gasteiger partial charge in [0.2, 0.25) is 5.91 Å². The third-order valence-corrected chi connectivity index (χ3v) is 4.26. The van der Waals surface area contributed by atoms with Crippen LogP contribution in [0.4, 0.5) is 0 Å². The first-order valence-corrected chi connectivity index (χ1v) is 7.72. The molecule has 0 aromatic heterocycles. The highest BCUT2D eigenvalue weighted by atomic mass is 16.2. The highest BCUT2D eigenvalue weighted by molar-refractivity contribution is 5.76. The van der Waals surface area contributed by atoms with Crippen LogP contribution < -0.4 is 5.32 Å². The summed E-state index contributed by atoms with van der Waals surface area (Å²) in [5, 5.41) is 3.72. The number of aryl methyl sites for hydroxylation is 1. The number of rotatable bonds is 5. The van der Waals surface area contributed by atoms with Crippen LogP contribution in [-0.4, -0.2) is 30.4 Å². The maximum atomic E-state index is 11.5. The molecule has 1 aromatic carbocycles. The van der Waals surface area contributed by atoms with Crippen LogP contribution >= 0.6 is 0 Å². The molecule has 1 fully saturated rings. The fourth-order valence-electron chi connectivity index (χ4n) is 2.87. The summed E-state index contributed by atoms with van der Waals surface area (Å²) in [7, 11) is 1.90. The number of benzene rings is 1. The van der Waals surface area contributed by atoms with Crippen molar-refractivity contribution < 1.29 is 4.79 Å². The largest absolute Gasteiger partial charge is 0.344 e. The summed E-state index contributed by atoms with van der Waals surface area (Å²) in [6.07, 6.45) is 3.77.